The van der Waals surface area contributed by atoms with Crippen molar-refractivity contribution in [3.63, 3.8) is 0 Å². The van der Waals surface area contributed by atoms with Crippen LogP contribution in [0.2, 0.25) is 0 Å². The van der Waals surface area contributed by atoms with Crippen LogP contribution < -0.4 is 0 Å². The number of phosphoric ester groups is 2. The molecule has 0 rings (SSSR count). The van der Waals surface area contributed by atoms with Gasteiger partial charge in [0.15, 0.2) is 6.10 Å². The van der Waals surface area contributed by atoms with Gasteiger partial charge in [-0.05, 0) is 167 Å². The Kier molecular flexibility index (Phi) is 70.0. The van der Waals surface area contributed by atoms with Crippen LogP contribution in [0.25, 0.3) is 0 Å². The molecule has 5 atom stereocenters. The van der Waals surface area contributed by atoms with Crippen LogP contribution in [0.1, 0.15) is 252 Å². The fraction of sp³-hybridized carbons (Fsp3) is 0.578. The first kappa shape index (κ1) is 95.4. The third kappa shape index (κ3) is 75.4. The SMILES string of the molecule is CC/C=C\C/C=C\C/C=C\C/C=C\C/C=C\C/C=C\CCCCC(=O)OCC(COP(=O)(O)OCC(O)COP(=O)(O)OCC(O)COC(=O)CCCCCCCCC/C=C\C/C=C\C/C=C\C/C=C\CCCCC)OC(=O)CCCC/C=C\C/C=C\C/C=C\C/C=C\C/C=C\C/C=C\CC. The zero-order valence-electron chi connectivity index (χ0n) is 62.0. The van der Waals surface area contributed by atoms with Crippen molar-refractivity contribution >= 4 is 33.6 Å². The van der Waals surface area contributed by atoms with Gasteiger partial charge in [0, 0.05) is 19.3 Å². The lowest BCUT2D eigenvalue weighted by molar-refractivity contribution is -0.161. The summed E-state index contributed by atoms with van der Waals surface area (Å²) in [5.41, 5.74) is 0. The van der Waals surface area contributed by atoms with Crippen LogP contribution in [-0.2, 0) is 55.8 Å². The van der Waals surface area contributed by atoms with E-state index in [0.717, 1.165) is 161 Å². The third-order valence-electron chi connectivity index (χ3n) is 14.8. The molecule has 0 radical (unpaired) electrons. The first-order valence-corrected chi connectivity index (χ1v) is 40.7. The van der Waals surface area contributed by atoms with Crippen LogP contribution in [0.4, 0.5) is 0 Å². The molecular weight excluding hydrogens is 1310 g/mol. The first-order chi connectivity index (χ1) is 49.2. The normalized spacial score (nSPS) is 15.1. The molecule has 4 N–H and O–H groups in total. The molecule has 0 amide bonds. The number of allylic oxidation sites excluding steroid dienone is 32. The summed E-state index contributed by atoms with van der Waals surface area (Å²) in [6.45, 7) is 2.27. The van der Waals surface area contributed by atoms with E-state index in [9.17, 15) is 43.5 Å². The predicted molar refractivity (Wildman–Crippen MR) is 417 cm³/mol. The molecule has 0 bridgehead atoms. The highest BCUT2D eigenvalue weighted by atomic mass is 31.2. The van der Waals surface area contributed by atoms with Crippen LogP contribution in [-0.4, -0.2) is 95.9 Å². The summed E-state index contributed by atoms with van der Waals surface area (Å²) >= 11 is 0. The summed E-state index contributed by atoms with van der Waals surface area (Å²) in [4.78, 5) is 58.6. The van der Waals surface area contributed by atoms with Crippen molar-refractivity contribution in [2.45, 2.75) is 270 Å². The number of phosphoric acid groups is 2. The van der Waals surface area contributed by atoms with Gasteiger partial charge in [-0.15, -0.1) is 0 Å². The fourth-order valence-electron chi connectivity index (χ4n) is 9.09. The number of hydrogen-bond acceptors (Lipinski definition) is 14. The van der Waals surface area contributed by atoms with Crippen LogP contribution >= 0.6 is 15.6 Å². The molecule has 0 aliphatic heterocycles. The maximum Gasteiger partial charge on any atom is 0.472 e. The number of carbonyl (C=O) groups is 3. The number of aliphatic hydroxyl groups is 2. The molecule has 5 unspecified atom stereocenters. The number of ether oxygens (including phenoxy) is 3. The summed E-state index contributed by atoms with van der Waals surface area (Å²) in [5, 5.41) is 20.6. The number of hydrogen-bond donors (Lipinski definition) is 4. The zero-order chi connectivity index (χ0) is 73.7. The molecule has 0 aliphatic rings. The number of esters is 3. The minimum atomic E-state index is -4.97. The van der Waals surface area contributed by atoms with E-state index in [1.165, 1.54) is 25.7 Å². The van der Waals surface area contributed by atoms with E-state index in [1.54, 1.807) is 0 Å². The molecule has 570 valence electrons. The van der Waals surface area contributed by atoms with Gasteiger partial charge < -0.3 is 34.2 Å². The van der Waals surface area contributed by atoms with Crippen molar-refractivity contribution in [1.82, 2.24) is 0 Å². The molecule has 0 heterocycles. The molecule has 0 fully saturated rings. The minimum Gasteiger partial charge on any atom is -0.463 e. The second-order valence-electron chi connectivity index (χ2n) is 24.3. The van der Waals surface area contributed by atoms with E-state index in [1.807, 2.05) is 0 Å². The molecule has 0 spiro atoms. The van der Waals surface area contributed by atoms with E-state index in [-0.39, 0.29) is 19.3 Å². The molecular formula is C83H132O16P2. The molecule has 16 nitrogen and oxygen atoms in total. The second kappa shape index (κ2) is 74.1. The van der Waals surface area contributed by atoms with Gasteiger partial charge >= 0.3 is 33.6 Å². The Bertz CT molecular complexity index is 2620. The molecule has 0 aromatic rings. The maximum absolute atomic E-state index is 13.0. The Labute approximate surface area is 610 Å². The van der Waals surface area contributed by atoms with Crippen LogP contribution in [0.3, 0.4) is 0 Å². The highest BCUT2D eigenvalue weighted by Crippen LogP contribution is 2.45. The van der Waals surface area contributed by atoms with E-state index >= 15 is 0 Å². The van der Waals surface area contributed by atoms with Gasteiger partial charge in [-0.2, -0.15) is 0 Å². The Morgan fingerprint density at radius 3 is 0.851 bits per heavy atom. The number of aliphatic hydroxyl groups excluding tert-OH is 2. The lowest BCUT2D eigenvalue weighted by Gasteiger charge is -2.21. The molecule has 0 saturated heterocycles. The topological polar surface area (TPSA) is 231 Å². The highest BCUT2D eigenvalue weighted by molar-refractivity contribution is 7.47. The minimum absolute atomic E-state index is 0.0299. The van der Waals surface area contributed by atoms with Gasteiger partial charge in [-0.25, -0.2) is 9.13 Å². The summed E-state index contributed by atoms with van der Waals surface area (Å²) < 4.78 is 61.0. The largest absolute Gasteiger partial charge is 0.472 e. The maximum atomic E-state index is 13.0. The molecule has 101 heavy (non-hydrogen) atoms. The second-order valence-corrected chi connectivity index (χ2v) is 27.2. The van der Waals surface area contributed by atoms with Crippen molar-refractivity contribution < 1.29 is 75.8 Å². The van der Waals surface area contributed by atoms with Crippen LogP contribution in [0, 0.1) is 0 Å². The van der Waals surface area contributed by atoms with Crippen molar-refractivity contribution in [2.75, 3.05) is 39.6 Å². The molecule has 0 aliphatic carbocycles. The smallest absolute Gasteiger partial charge is 0.463 e. The molecule has 0 aromatic carbocycles. The standard InChI is InChI=1S/C83H132O16P2/c1-4-7-10-13-16-19-22-25-28-31-34-37-38-41-43-45-48-51-54-57-60-63-66-69-81(86)93-72-78(84)73-95-100(89,90)96-74-79(85)75-97-101(91,92)98-77-80(99-83(88)71-68-65-62-59-56-53-50-47-44-40-36-33-30-27-24-21-18-15-12-9-6-3)76-94-82(87)70-67-64-61-58-55-52-49-46-42-39-35-32-29-26-23-20-17-14-11-8-5-2/h8-9,11-12,16-21,25-30,34-37,39-41,43,46-47,49-50,55-56,58-59,78-80,84-85H,4-7,10,13-15,22-24,31-33,38,42,44-45,48,51-54,57,60-77H2,1-3H3,(H,89,90)(H,91,92)/b11-8-,12-9-,19-16-,20-17-,21-18-,28-25-,29-26-,30-27-,37-34-,39-35-,40-36-,43-41-,49-46-,50-47-,58-55-,59-56-. The van der Waals surface area contributed by atoms with E-state index < -0.39 is 91.5 Å². The summed E-state index contributed by atoms with van der Waals surface area (Å²) in [6.07, 6.45) is 96.2. The predicted octanol–water partition coefficient (Wildman–Crippen LogP) is 22.0. The quantitative estimate of drug-likeness (QED) is 0.0146. The Balaban J connectivity index is 4.83. The average Bonchev–Trinajstić information content (AvgIpc) is 0.972. The van der Waals surface area contributed by atoms with Crippen LogP contribution in [0.5, 0.6) is 0 Å². The lowest BCUT2D eigenvalue weighted by Crippen LogP contribution is -2.30. The lowest BCUT2D eigenvalue weighted by atomic mass is 10.1. The van der Waals surface area contributed by atoms with Gasteiger partial charge in [-0.3, -0.25) is 32.5 Å². The van der Waals surface area contributed by atoms with Crippen molar-refractivity contribution in [1.29, 1.82) is 0 Å². The van der Waals surface area contributed by atoms with Crippen molar-refractivity contribution in [3.8, 4) is 0 Å². The van der Waals surface area contributed by atoms with Gasteiger partial charge in [0.1, 0.15) is 25.4 Å². The number of rotatable bonds is 69. The van der Waals surface area contributed by atoms with Crippen molar-refractivity contribution in [3.05, 3.63) is 194 Å². The Hall–Kier alpha value is -5.61. The van der Waals surface area contributed by atoms with Gasteiger partial charge in [0.2, 0.25) is 0 Å². The highest BCUT2D eigenvalue weighted by Gasteiger charge is 2.29. The Morgan fingerprint density at radius 1 is 0.287 bits per heavy atom. The molecule has 0 saturated carbocycles. The van der Waals surface area contributed by atoms with Gasteiger partial charge in [0.25, 0.3) is 0 Å². The molecule has 18 heteroatoms. The van der Waals surface area contributed by atoms with E-state index in [0.29, 0.717) is 25.7 Å². The van der Waals surface area contributed by atoms with E-state index in [2.05, 4.69) is 215 Å². The zero-order valence-corrected chi connectivity index (χ0v) is 63.8. The summed E-state index contributed by atoms with van der Waals surface area (Å²) in [6, 6.07) is 0. The number of unbranched alkanes of at least 4 members (excludes halogenated alkanes) is 14. The number of carbonyl (C=O) groups excluding carboxylic acids is 3. The third-order valence-corrected chi connectivity index (χ3v) is 16.7. The van der Waals surface area contributed by atoms with Gasteiger partial charge in [0.05, 0.1) is 26.4 Å². The monoisotopic (exact) mass is 1450 g/mol. The summed E-state index contributed by atoms with van der Waals surface area (Å²) in [5.74, 6) is -1.71. The van der Waals surface area contributed by atoms with Crippen molar-refractivity contribution in [2.24, 2.45) is 0 Å². The molecule has 0 aromatic heterocycles. The summed E-state index contributed by atoms with van der Waals surface area (Å²) in [7, 11) is -9.84. The van der Waals surface area contributed by atoms with Crippen LogP contribution in [0.15, 0.2) is 194 Å². The van der Waals surface area contributed by atoms with Gasteiger partial charge in [-0.1, -0.05) is 260 Å². The Morgan fingerprint density at radius 2 is 0.525 bits per heavy atom. The first-order valence-electron chi connectivity index (χ1n) is 37.7. The van der Waals surface area contributed by atoms with E-state index in [4.69, 9.17) is 32.3 Å². The average molecular weight is 1450 g/mol. The fourth-order valence-corrected chi connectivity index (χ4v) is 10.7.